The fourth-order valence-corrected chi connectivity index (χ4v) is 2.91. The van der Waals surface area contributed by atoms with Crippen LogP contribution in [0.5, 0.6) is 0 Å². The maximum absolute atomic E-state index is 12.3. The third-order valence-corrected chi connectivity index (χ3v) is 4.34. The van der Waals surface area contributed by atoms with E-state index in [1.165, 1.54) is 0 Å². The van der Waals surface area contributed by atoms with Gasteiger partial charge in [-0.15, -0.1) is 0 Å². The number of carbonyl (C=O) groups excluding carboxylic acids is 1. The number of hydrogen-bond donors (Lipinski definition) is 4. The van der Waals surface area contributed by atoms with Gasteiger partial charge in [0.2, 0.25) is 0 Å². The first-order valence-corrected chi connectivity index (χ1v) is 8.36. The Labute approximate surface area is 151 Å². The van der Waals surface area contributed by atoms with Crippen LogP contribution in [0.15, 0.2) is 48.7 Å². The molecule has 0 fully saturated rings. The predicted octanol–water partition coefficient (Wildman–Crippen LogP) is 3.60. The Bertz CT molecular complexity index is 962. The highest BCUT2D eigenvalue weighted by atomic mass is 16.4. The van der Waals surface area contributed by atoms with Gasteiger partial charge in [-0.25, -0.2) is 9.59 Å². The average molecular weight is 351 g/mol. The van der Waals surface area contributed by atoms with Gasteiger partial charge >= 0.3 is 12.0 Å². The van der Waals surface area contributed by atoms with Gasteiger partial charge in [-0.3, -0.25) is 0 Å². The van der Waals surface area contributed by atoms with Crippen molar-refractivity contribution in [2.45, 2.75) is 26.3 Å². The van der Waals surface area contributed by atoms with Crippen LogP contribution < -0.4 is 10.6 Å². The number of hydrogen-bond acceptors (Lipinski definition) is 2. The lowest BCUT2D eigenvalue weighted by Crippen LogP contribution is -2.44. The number of urea groups is 1. The number of aliphatic carboxylic acids is 1. The highest BCUT2D eigenvalue weighted by Crippen LogP contribution is 2.20. The molecule has 0 bridgehead atoms. The first-order chi connectivity index (χ1) is 12.4. The molecule has 0 spiro atoms. The van der Waals surface area contributed by atoms with Crippen LogP contribution in [0.25, 0.3) is 10.9 Å². The summed E-state index contributed by atoms with van der Waals surface area (Å²) in [5, 5.41) is 15.7. The van der Waals surface area contributed by atoms with Crippen molar-refractivity contribution in [1.29, 1.82) is 0 Å². The van der Waals surface area contributed by atoms with Gasteiger partial charge in [0, 0.05) is 29.2 Å². The number of fused-ring (bicyclic) bond motifs is 1. The summed E-state index contributed by atoms with van der Waals surface area (Å²) in [4.78, 5) is 27.0. The van der Waals surface area contributed by atoms with Gasteiger partial charge in [0.15, 0.2) is 0 Å². The van der Waals surface area contributed by atoms with Crippen molar-refractivity contribution < 1.29 is 14.7 Å². The molecule has 3 aromatic rings. The molecule has 1 heterocycles. The highest BCUT2D eigenvalue weighted by molar-refractivity contribution is 5.93. The Morgan fingerprint density at radius 1 is 1.15 bits per heavy atom. The Balaban J connectivity index is 1.73. The smallest absolute Gasteiger partial charge is 0.326 e. The molecular weight excluding hydrogens is 330 g/mol. The second kappa shape index (κ2) is 7.31. The second-order valence-corrected chi connectivity index (χ2v) is 6.37. The molecular formula is C20H21N3O3. The molecule has 2 aromatic carbocycles. The Kier molecular flexibility index (Phi) is 4.93. The summed E-state index contributed by atoms with van der Waals surface area (Å²) < 4.78 is 0. The van der Waals surface area contributed by atoms with Crippen molar-refractivity contribution in [2.24, 2.45) is 0 Å². The molecule has 0 saturated heterocycles. The first-order valence-electron chi connectivity index (χ1n) is 8.36. The SMILES string of the molecule is Cc1ccc(C)c(NC(=O)N[C@@H](Cc2c[nH]c3ccccc23)C(=O)O)c1. The molecule has 6 nitrogen and oxygen atoms in total. The number of carboxylic acids is 1. The standard InChI is InChI=1S/C20H21N3O3/c1-12-7-8-13(2)17(9-12)22-20(26)23-18(19(24)25)10-14-11-21-16-6-4-3-5-15(14)16/h3-9,11,18,21H,10H2,1-2H3,(H,24,25)(H2,22,23,26)/t18-/m0/s1. The van der Waals surface area contributed by atoms with Gasteiger partial charge in [0.25, 0.3) is 0 Å². The van der Waals surface area contributed by atoms with E-state index in [9.17, 15) is 14.7 Å². The number of benzene rings is 2. The summed E-state index contributed by atoms with van der Waals surface area (Å²) in [5.74, 6) is -1.08. The maximum atomic E-state index is 12.3. The lowest BCUT2D eigenvalue weighted by atomic mass is 10.1. The normalized spacial score (nSPS) is 11.9. The number of anilines is 1. The Morgan fingerprint density at radius 2 is 1.92 bits per heavy atom. The van der Waals surface area contributed by atoms with E-state index >= 15 is 0 Å². The molecule has 26 heavy (non-hydrogen) atoms. The quantitative estimate of drug-likeness (QED) is 0.566. The average Bonchev–Trinajstić information content (AvgIpc) is 3.00. The van der Waals surface area contributed by atoms with E-state index in [0.29, 0.717) is 5.69 Å². The summed E-state index contributed by atoms with van der Waals surface area (Å²) in [6, 6.07) is 11.8. The van der Waals surface area contributed by atoms with Gasteiger partial charge in [0.05, 0.1) is 0 Å². The number of H-pyrrole nitrogens is 1. The lowest BCUT2D eigenvalue weighted by molar-refractivity contribution is -0.139. The summed E-state index contributed by atoms with van der Waals surface area (Å²) in [6.45, 7) is 3.81. The van der Waals surface area contributed by atoms with Crippen molar-refractivity contribution in [3.8, 4) is 0 Å². The Hall–Kier alpha value is -3.28. The third kappa shape index (κ3) is 3.85. The molecule has 0 saturated carbocycles. The van der Waals surface area contributed by atoms with Crippen molar-refractivity contribution in [1.82, 2.24) is 10.3 Å². The molecule has 1 atom stereocenters. The van der Waals surface area contributed by atoms with Crippen molar-refractivity contribution in [3.05, 3.63) is 65.4 Å². The lowest BCUT2D eigenvalue weighted by Gasteiger charge is -2.16. The number of carbonyl (C=O) groups is 2. The minimum atomic E-state index is -1.08. The van der Waals surface area contributed by atoms with Crippen LogP contribution in [0.2, 0.25) is 0 Å². The third-order valence-electron chi connectivity index (χ3n) is 4.34. The predicted molar refractivity (Wildman–Crippen MR) is 101 cm³/mol. The summed E-state index contributed by atoms with van der Waals surface area (Å²) in [6.07, 6.45) is 1.98. The summed E-state index contributed by atoms with van der Waals surface area (Å²) in [5.41, 5.74) is 4.37. The van der Waals surface area contributed by atoms with E-state index in [1.54, 1.807) is 6.20 Å². The van der Waals surface area contributed by atoms with Gasteiger partial charge in [-0.1, -0.05) is 30.3 Å². The fourth-order valence-electron chi connectivity index (χ4n) is 2.91. The van der Waals surface area contributed by atoms with Gasteiger partial charge in [-0.05, 0) is 42.7 Å². The molecule has 6 heteroatoms. The number of aromatic nitrogens is 1. The number of amides is 2. The van der Waals surface area contributed by atoms with Crippen molar-refractivity contribution in [2.75, 3.05) is 5.32 Å². The zero-order chi connectivity index (χ0) is 18.7. The summed E-state index contributed by atoms with van der Waals surface area (Å²) >= 11 is 0. The molecule has 3 rings (SSSR count). The molecule has 0 unspecified atom stereocenters. The van der Waals surface area contributed by atoms with Gasteiger partial charge in [0.1, 0.15) is 6.04 Å². The van der Waals surface area contributed by atoms with E-state index in [1.807, 2.05) is 56.3 Å². The molecule has 0 aliphatic carbocycles. The van der Waals surface area contributed by atoms with E-state index in [0.717, 1.165) is 27.6 Å². The second-order valence-electron chi connectivity index (χ2n) is 6.37. The zero-order valence-corrected chi connectivity index (χ0v) is 14.7. The van der Waals surface area contributed by atoms with E-state index in [2.05, 4.69) is 15.6 Å². The number of aromatic amines is 1. The molecule has 1 aromatic heterocycles. The van der Waals surface area contributed by atoms with Gasteiger partial charge in [-0.2, -0.15) is 0 Å². The van der Waals surface area contributed by atoms with E-state index < -0.39 is 18.0 Å². The van der Waals surface area contributed by atoms with Crippen LogP contribution in [0.3, 0.4) is 0 Å². The van der Waals surface area contributed by atoms with Crippen LogP contribution in [-0.2, 0) is 11.2 Å². The van der Waals surface area contributed by atoms with E-state index in [4.69, 9.17) is 0 Å². The summed E-state index contributed by atoms with van der Waals surface area (Å²) in [7, 11) is 0. The van der Waals surface area contributed by atoms with Crippen LogP contribution in [-0.4, -0.2) is 28.1 Å². The molecule has 0 aliphatic heterocycles. The van der Waals surface area contributed by atoms with E-state index in [-0.39, 0.29) is 6.42 Å². The zero-order valence-electron chi connectivity index (χ0n) is 14.7. The number of aryl methyl sites for hydroxylation is 2. The Morgan fingerprint density at radius 3 is 2.69 bits per heavy atom. The van der Waals surface area contributed by atoms with Gasteiger partial charge < -0.3 is 20.7 Å². The fraction of sp³-hybridized carbons (Fsp3) is 0.200. The molecule has 0 radical (unpaired) electrons. The number of nitrogens with one attached hydrogen (secondary N) is 3. The van der Waals surface area contributed by atoms with Crippen LogP contribution in [0.1, 0.15) is 16.7 Å². The number of para-hydroxylation sites is 1. The minimum Gasteiger partial charge on any atom is -0.480 e. The van der Waals surface area contributed by atoms with Crippen LogP contribution in [0, 0.1) is 13.8 Å². The first kappa shape index (κ1) is 17.5. The highest BCUT2D eigenvalue weighted by Gasteiger charge is 2.22. The minimum absolute atomic E-state index is 0.194. The maximum Gasteiger partial charge on any atom is 0.326 e. The van der Waals surface area contributed by atoms with Crippen LogP contribution >= 0.6 is 0 Å². The largest absolute Gasteiger partial charge is 0.480 e. The van der Waals surface area contributed by atoms with Crippen LogP contribution in [0.4, 0.5) is 10.5 Å². The van der Waals surface area contributed by atoms with Crippen molar-refractivity contribution >= 4 is 28.6 Å². The number of carboxylic acid groups (broad SMARTS) is 1. The van der Waals surface area contributed by atoms with Crippen molar-refractivity contribution in [3.63, 3.8) is 0 Å². The molecule has 2 amide bonds. The molecule has 0 aliphatic rings. The molecule has 4 N–H and O–H groups in total. The topological polar surface area (TPSA) is 94.2 Å². The monoisotopic (exact) mass is 351 g/mol. The molecule has 134 valence electrons. The number of rotatable bonds is 5.